The monoisotopic (exact) mass is 180 g/mol. The molecular weight excluding hydrogens is 160 g/mol. The van der Waals surface area contributed by atoms with Crippen molar-refractivity contribution in [1.29, 1.82) is 0 Å². The molecule has 0 saturated heterocycles. The van der Waals surface area contributed by atoms with Crippen LogP contribution in [-0.2, 0) is 0 Å². The Labute approximate surface area is 81.0 Å². The molecule has 2 nitrogen and oxygen atoms in total. The number of aromatic nitrogens is 2. The van der Waals surface area contributed by atoms with E-state index in [0.717, 1.165) is 5.92 Å². The highest BCUT2D eigenvalue weighted by Crippen LogP contribution is 2.24. The molecule has 0 saturated carbocycles. The van der Waals surface area contributed by atoms with E-state index in [2.05, 4.69) is 43.4 Å². The van der Waals surface area contributed by atoms with E-state index in [1.54, 1.807) is 0 Å². The molecule has 2 heteroatoms. The first-order valence-electron chi connectivity index (χ1n) is 5.08. The molecule has 1 atom stereocenters. The van der Waals surface area contributed by atoms with Gasteiger partial charge in [-0.2, -0.15) is 0 Å². The third kappa shape index (κ3) is 2.87. The molecule has 1 aromatic heterocycles. The highest BCUT2D eigenvalue weighted by molar-refractivity contribution is 4.82. The molecule has 0 spiro atoms. The maximum absolute atomic E-state index is 4.10. The highest BCUT2D eigenvalue weighted by atomic mass is 15.1. The highest BCUT2D eigenvalue weighted by Gasteiger charge is 2.15. The topological polar surface area (TPSA) is 17.8 Å². The minimum atomic E-state index is 0.600. The van der Waals surface area contributed by atoms with Gasteiger partial charge in [0.15, 0.2) is 0 Å². The molecule has 1 unspecified atom stereocenters. The zero-order valence-electron chi connectivity index (χ0n) is 9.07. The van der Waals surface area contributed by atoms with E-state index < -0.39 is 0 Å². The Bertz CT molecular complexity index is 224. The molecule has 0 aromatic carbocycles. The van der Waals surface area contributed by atoms with E-state index in [4.69, 9.17) is 0 Å². The summed E-state index contributed by atoms with van der Waals surface area (Å²) in [6, 6.07) is 0.600. The standard InChI is InChI=1S/C11H20N2/c1-9(2)7-11(10(3)4)13-6-5-12-8-13/h5-6,8-11H,7H2,1-4H3. The molecule has 0 aliphatic rings. The first-order valence-corrected chi connectivity index (χ1v) is 5.08. The van der Waals surface area contributed by atoms with Crippen molar-refractivity contribution in [2.45, 2.75) is 40.2 Å². The van der Waals surface area contributed by atoms with E-state index in [1.807, 2.05) is 12.5 Å². The maximum Gasteiger partial charge on any atom is 0.0948 e. The summed E-state index contributed by atoms with van der Waals surface area (Å²) in [5.74, 6) is 1.42. The number of hydrogen-bond donors (Lipinski definition) is 0. The van der Waals surface area contributed by atoms with Crippen LogP contribution in [0.25, 0.3) is 0 Å². The van der Waals surface area contributed by atoms with Crippen LogP contribution in [0.15, 0.2) is 18.7 Å². The normalized spacial score (nSPS) is 14.0. The number of hydrogen-bond acceptors (Lipinski definition) is 1. The van der Waals surface area contributed by atoms with E-state index in [1.165, 1.54) is 6.42 Å². The zero-order chi connectivity index (χ0) is 9.84. The van der Waals surface area contributed by atoms with Gasteiger partial charge in [-0.1, -0.05) is 27.7 Å². The summed E-state index contributed by atoms with van der Waals surface area (Å²) in [7, 11) is 0. The van der Waals surface area contributed by atoms with Crippen LogP contribution >= 0.6 is 0 Å². The second-order valence-electron chi connectivity index (χ2n) is 4.45. The van der Waals surface area contributed by atoms with Crippen LogP contribution in [0.5, 0.6) is 0 Å². The van der Waals surface area contributed by atoms with E-state index in [-0.39, 0.29) is 0 Å². The van der Waals surface area contributed by atoms with Crippen molar-refractivity contribution < 1.29 is 0 Å². The van der Waals surface area contributed by atoms with Crippen molar-refractivity contribution in [2.24, 2.45) is 11.8 Å². The van der Waals surface area contributed by atoms with Gasteiger partial charge in [-0.15, -0.1) is 0 Å². The minimum Gasteiger partial charge on any atom is -0.334 e. The van der Waals surface area contributed by atoms with Gasteiger partial charge < -0.3 is 4.57 Å². The Morgan fingerprint density at radius 2 is 1.92 bits per heavy atom. The van der Waals surface area contributed by atoms with E-state index in [9.17, 15) is 0 Å². The van der Waals surface area contributed by atoms with Crippen LogP contribution < -0.4 is 0 Å². The molecule has 1 aromatic rings. The Kier molecular flexibility index (Phi) is 3.52. The van der Waals surface area contributed by atoms with Crippen LogP contribution in [0.3, 0.4) is 0 Å². The molecule has 1 heterocycles. The smallest absolute Gasteiger partial charge is 0.0948 e. The molecule has 74 valence electrons. The van der Waals surface area contributed by atoms with Crippen molar-refractivity contribution >= 4 is 0 Å². The Morgan fingerprint density at radius 1 is 1.23 bits per heavy atom. The summed E-state index contributed by atoms with van der Waals surface area (Å²) in [4.78, 5) is 4.10. The third-order valence-corrected chi connectivity index (χ3v) is 2.39. The summed E-state index contributed by atoms with van der Waals surface area (Å²) < 4.78 is 2.23. The summed E-state index contributed by atoms with van der Waals surface area (Å²) in [5, 5.41) is 0. The van der Waals surface area contributed by atoms with E-state index in [0.29, 0.717) is 12.0 Å². The van der Waals surface area contributed by atoms with Gasteiger partial charge in [0, 0.05) is 18.4 Å². The van der Waals surface area contributed by atoms with E-state index >= 15 is 0 Å². The summed E-state index contributed by atoms with van der Waals surface area (Å²) in [6.07, 6.45) is 7.07. The second kappa shape index (κ2) is 4.45. The van der Waals surface area contributed by atoms with Crippen LogP contribution in [-0.4, -0.2) is 9.55 Å². The lowest BCUT2D eigenvalue weighted by molar-refractivity contribution is 0.314. The Hall–Kier alpha value is -0.790. The van der Waals surface area contributed by atoms with Gasteiger partial charge in [-0.05, 0) is 18.3 Å². The van der Waals surface area contributed by atoms with Gasteiger partial charge in [-0.3, -0.25) is 0 Å². The fraction of sp³-hybridized carbons (Fsp3) is 0.727. The maximum atomic E-state index is 4.10. The predicted octanol–water partition coefficient (Wildman–Crippen LogP) is 3.13. The van der Waals surface area contributed by atoms with Gasteiger partial charge in [-0.25, -0.2) is 4.98 Å². The van der Waals surface area contributed by atoms with Crippen molar-refractivity contribution in [3.8, 4) is 0 Å². The number of nitrogens with zero attached hydrogens (tertiary/aromatic N) is 2. The van der Waals surface area contributed by atoms with Gasteiger partial charge in [0.25, 0.3) is 0 Å². The van der Waals surface area contributed by atoms with Gasteiger partial charge in [0.2, 0.25) is 0 Å². The first kappa shape index (κ1) is 10.3. The first-order chi connectivity index (χ1) is 6.11. The average Bonchev–Trinajstić information content (AvgIpc) is 2.50. The van der Waals surface area contributed by atoms with Gasteiger partial charge in [0.1, 0.15) is 0 Å². The molecule has 13 heavy (non-hydrogen) atoms. The second-order valence-corrected chi connectivity index (χ2v) is 4.45. The molecule has 0 aliphatic carbocycles. The van der Waals surface area contributed by atoms with Gasteiger partial charge >= 0.3 is 0 Å². The largest absolute Gasteiger partial charge is 0.334 e. The van der Waals surface area contributed by atoms with Crippen LogP contribution in [0.1, 0.15) is 40.2 Å². The number of rotatable bonds is 4. The fourth-order valence-electron chi connectivity index (χ4n) is 1.69. The molecule has 0 N–H and O–H groups in total. The lowest BCUT2D eigenvalue weighted by Crippen LogP contribution is -2.15. The summed E-state index contributed by atoms with van der Waals surface area (Å²) in [6.45, 7) is 9.08. The molecule has 1 rings (SSSR count). The summed E-state index contributed by atoms with van der Waals surface area (Å²) >= 11 is 0. The molecule has 0 aliphatic heterocycles. The lowest BCUT2D eigenvalue weighted by Gasteiger charge is -2.24. The Morgan fingerprint density at radius 3 is 2.31 bits per heavy atom. The van der Waals surface area contributed by atoms with Crippen molar-refractivity contribution in [1.82, 2.24) is 9.55 Å². The molecule has 0 radical (unpaired) electrons. The third-order valence-electron chi connectivity index (χ3n) is 2.39. The van der Waals surface area contributed by atoms with Crippen LogP contribution in [0.2, 0.25) is 0 Å². The molecule has 0 amide bonds. The molecule has 0 bridgehead atoms. The number of imidazole rings is 1. The van der Waals surface area contributed by atoms with Gasteiger partial charge in [0.05, 0.1) is 6.33 Å². The SMILES string of the molecule is CC(C)CC(C(C)C)n1ccnc1. The zero-order valence-corrected chi connectivity index (χ0v) is 9.07. The van der Waals surface area contributed by atoms with Crippen molar-refractivity contribution in [2.75, 3.05) is 0 Å². The molecule has 0 fully saturated rings. The summed E-state index contributed by atoms with van der Waals surface area (Å²) in [5.41, 5.74) is 0. The Balaban J connectivity index is 2.69. The quantitative estimate of drug-likeness (QED) is 0.696. The van der Waals surface area contributed by atoms with Crippen LogP contribution in [0, 0.1) is 11.8 Å². The molecular formula is C11H20N2. The van der Waals surface area contributed by atoms with Crippen LogP contribution in [0.4, 0.5) is 0 Å². The predicted molar refractivity (Wildman–Crippen MR) is 55.6 cm³/mol. The van der Waals surface area contributed by atoms with Crippen molar-refractivity contribution in [3.63, 3.8) is 0 Å². The average molecular weight is 180 g/mol. The van der Waals surface area contributed by atoms with Crippen molar-refractivity contribution in [3.05, 3.63) is 18.7 Å². The lowest BCUT2D eigenvalue weighted by atomic mass is 9.94. The fourth-order valence-corrected chi connectivity index (χ4v) is 1.69. The minimum absolute atomic E-state index is 0.600.